The fraction of sp³-hybridized carbons (Fsp3) is 0.182. The van der Waals surface area contributed by atoms with Gasteiger partial charge >= 0.3 is 0 Å². The molecule has 0 spiro atoms. The molecule has 7 heteroatoms. The highest BCUT2D eigenvalue weighted by Crippen LogP contribution is 2.22. The van der Waals surface area contributed by atoms with Crippen molar-refractivity contribution in [1.82, 2.24) is 19.6 Å². The maximum Gasteiger partial charge on any atom is 0.258 e. The van der Waals surface area contributed by atoms with E-state index >= 15 is 0 Å². The number of benzene rings is 2. The Labute approximate surface area is 173 Å². The number of nitrogens with zero attached hydrogens (tertiary/aromatic N) is 5. The van der Waals surface area contributed by atoms with Gasteiger partial charge in [0, 0.05) is 27.7 Å². The van der Waals surface area contributed by atoms with Crippen LogP contribution in [0.4, 0.5) is 5.69 Å². The van der Waals surface area contributed by atoms with Gasteiger partial charge in [-0.15, -0.1) is 5.10 Å². The summed E-state index contributed by atoms with van der Waals surface area (Å²) >= 11 is 6.04. The smallest absolute Gasteiger partial charge is 0.258 e. The zero-order valence-corrected chi connectivity index (χ0v) is 17.2. The molecule has 0 N–H and O–H groups in total. The number of hydrogen-bond acceptors (Lipinski definition) is 4. The van der Waals surface area contributed by atoms with Crippen LogP contribution in [-0.4, -0.2) is 25.5 Å². The number of hydrogen-bond donors (Lipinski definition) is 0. The number of carbonyl (C=O) groups is 1. The third-order valence-electron chi connectivity index (χ3n) is 4.64. The molecule has 0 saturated carbocycles. The molecule has 29 heavy (non-hydrogen) atoms. The highest BCUT2D eigenvalue weighted by molar-refractivity contribution is 6.30. The van der Waals surface area contributed by atoms with Crippen LogP contribution < -0.4 is 4.90 Å². The van der Waals surface area contributed by atoms with Gasteiger partial charge in [0.05, 0.1) is 6.54 Å². The first-order chi connectivity index (χ1) is 13.9. The van der Waals surface area contributed by atoms with Gasteiger partial charge in [0.2, 0.25) is 0 Å². The second-order valence-corrected chi connectivity index (χ2v) is 7.45. The standard InChI is InChI=1S/C22H20ClN5O/c1-14-4-6-17(7-5-14)21(29)27(19-10-8-18(23)9-11-19)13-20-25-22-24-15(2)12-16(3)28(22)26-20/h4-12H,13H2,1-3H3. The van der Waals surface area contributed by atoms with E-state index in [4.69, 9.17) is 11.6 Å². The highest BCUT2D eigenvalue weighted by atomic mass is 35.5. The minimum atomic E-state index is -0.132. The summed E-state index contributed by atoms with van der Waals surface area (Å²) in [5, 5.41) is 5.16. The molecule has 0 unspecified atom stereocenters. The van der Waals surface area contributed by atoms with E-state index in [1.165, 1.54) is 0 Å². The fourth-order valence-corrected chi connectivity index (χ4v) is 3.30. The van der Waals surface area contributed by atoms with Crippen LogP contribution in [-0.2, 0) is 6.54 Å². The van der Waals surface area contributed by atoms with Crippen LogP contribution in [0.2, 0.25) is 5.02 Å². The average molecular weight is 406 g/mol. The summed E-state index contributed by atoms with van der Waals surface area (Å²) in [6, 6.07) is 16.6. The Kier molecular flexibility index (Phi) is 5.03. The number of anilines is 1. The van der Waals surface area contributed by atoms with E-state index in [2.05, 4.69) is 15.1 Å². The molecule has 0 radical (unpaired) electrons. The maximum absolute atomic E-state index is 13.3. The summed E-state index contributed by atoms with van der Waals surface area (Å²) in [7, 11) is 0. The topological polar surface area (TPSA) is 63.4 Å². The number of amides is 1. The molecule has 0 saturated heterocycles. The number of rotatable bonds is 4. The van der Waals surface area contributed by atoms with E-state index in [-0.39, 0.29) is 12.5 Å². The number of halogens is 1. The molecule has 0 fully saturated rings. The molecule has 2 aromatic heterocycles. The third kappa shape index (κ3) is 3.98. The van der Waals surface area contributed by atoms with E-state index in [9.17, 15) is 4.79 Å². The lowest BCUT2D eigenvalue weighted by Crippen LogP contribution is -2.31. The van der Waals surface area contributed by atoms with Gasteiger partial charge in [0.15, 0.2) is 5.82 Å². The van der Waals surface area contributed by atoms with Crippen molar-refractivity contribution in [3.8, 4) is 0 Å². The molecular weight excluding hydrogens is 386 g/mol. The van der Waals surface area contributed by atoms with E-state index in [1.807, 2.05) is 63.2 Å². The van der Waals surface area contributed by atoms with Crippen molar-refractivity contribution in [1.29, 1.82) is 0 Å². The summed E-state index contributed by atoms with van der Waals surface area (Å²) in [4.78, 5) is 23.9. The van der Waals surface area contributed by atoms with Crippen LogP contribution in [0, 0.1) is 20.8 Å². The molecule has 0 aliphatic rings. The van der Waals surface area contributed by atoms with Crippen LogP contribution in [0.5, 0.6) is 0 Å². The molecule has 2 aromatic carbocycles. The summed E-state index contributed by atoms with van der Waals surface area (Å²) in [5.41, 5.74) is 4.23. The van der Waals surface area contributed by atoms with Crippen molar-refractivity contribution in [2.45, 2.75) is 27.3 Å². The van der Waals surface area contributed by atoms with E-state index in [0.717, 1.165) is 22.6 Å². The monoisotopic (exact) mass is 405 g/mol. The van der Waals surface area contributed by atoms with Crippen LogP contribution >= 0.6 is 11.6 Å². The largest absolute Gasteiger partial charge is 0.301 e. The average Bonchev–Trinajstić information content (AvgIpc) is 3.10. The van der Waals surface area contributed by atoms with Gasteiger partial charge in [-0.3, -0.25) is 4.79 Å². The van der Waals surface area contributed by atoms with Gasteiger partial charge in [-0.2, -0.15) is 4.98 Å². The van der Waals surface area contributed by atoms with Gasteiger partial charge in [-0.1, -0.05) is 29.3 Å². The highest BCUT2D eigenvalue weighted by Gasteiger charge is 2.21. The van der Waals surface area contributed by atoms with Crippen molar-refractivity contribution >= 4 is 29.0 Å². The van der Waals surface area contributed by atoms with Gasteiger partial charge in [-0.05, 0) is 63.2 Å². The second kappa shape index (κ2) is 7.64. The van der Waals surface area contributed by atoms with Crippen LogP contribution in [0.1, 0.15) is 33.1 Å². The molecule has 0 aliphatic carbocycles. The van der Waals surface area contributed by atoms with E-state index in [1.54, 1.807) is 21.5 Å². The maximum atomic E-state index is 13.3. The van der Waals surface area contributed by atoms with Gasteiger partial charge < -0.3 is 4.90 Å². The van der Waals surface area contributed by atoms with E-state index in [0.29, 0.717) is 22.2 Å². The molecule has 0 atom stereocenters. The molecule has 146 valence electrons. The third-order valence-corrected chi connectivity index (χ3v) is 4.90. The summed E-state index contributed by atoms with van der Waals surface area (Å²) in [6.45, 7) is 6.08. The Hall–Kier alpha value is -3.25. The zero-order valence-electron chi connectivity index (χ0n) is 16.4. The van der Waals surface area contributed by atoms with Crippen LogP contribution in [0.3, 0.4) is 0 Å². The molecule has 1 amide bonds. The normalized spacial score (nSPS) is 11.0. The molecule has 0 aliphatic heterocycles. The predicted molar refractivity (Wildman–Crippen MR) is 113 cm³/mol. The Morgan fingerprint density at radius 2 is 1.69 bits per heavy atom. The first kappa shape index (κ1) is 19.1. The summed E-state index contributed by atoms with van der Waals surface area (Å²) in [5.74, 6) is 0.907. The minimum Gasteiger partial charge on any atom is -0.301 e. The first-order valence-corrected chi connectivity index (χ1v) is 9.62. The number of fused-ring (bicyclic) bond motifs is 1. The first-order valence-electron chi connectivity index (χ1n) is 9.25. The van der Waals surface area contributed by atoms with Crippen molar-refractivity contribution in [2.75, 3.05) is 4.90 Å². The van der Waals surface area contributed by atoms with Crippen LogP contribution in [0.15, 0.2) is 54.6 Å². The fourth-order valence-electron chi connectivity index (χ4n) is 3.17. The Morgan fingerprint density at radius 1 is 1.00 bits per heavy atom. The number of carbonyl (C=O) groups excluding carboxylic acids is 1. The van der Waals surface area contributed by atoms with Crippen molar-refractivity contribution < 1.29 is 4.79 Å². The van der Waals surface area contributed by atoms with Crippen LogP contribution in [0.25, 0.3) is 5.78 Å². The lowest BCUT2D eigenvalue weighted by molar-refractivity contribution is 0.0984. The quantitative estimate of drug-likeness (QED) is 0.499. The number of aryl methyl sites for hydroxylation is 3. The SMILES string of the molecule is Cc1ccc(C(=O)N(Cc2nc3nc(C)cc(C)n3n2)c2ccc(Cl)cc2)cc1. The molecule has 2 heterocycles. The van der Waals surface area contributed by atoms with Gasteiger partial charge in [0.1, 0.15) is 0 Å². The Bertz CT molecular complexity index is 1180. The summed E-state index contributed by atoms with van der Waals surface area (Å²) < 4.78 is 1.69. The molecule has 4 aromatic rings. The Balaban J connectivity index is 1.74. The molecule has 6 nitrogen and oxygen atoms in total. The van der Waals surface area contributed by atoms with Crippen molar-refractivity contribution in [3.05, 3.63) is 88.0 Å². The Morgan fingerprint density at radius 3 is 2.38 bits per heavy atom. The van der Waals surface area contributed by atoms with Gasteiger partial charge in [-0.25, -0.2) is 9.50 Å². The summed E-state index contributed by atoms with van der Waals surface area (Å²) in [6.07, 6.45) is 0. The molecule has 0 bridgehead atoms. The predicted octanol–water partition coefficient (Wildman–Crippen LogP) is 4.55. The number of aromatic nitrogens is 4. The zero-order chi connectivity index (χ0) is 20.5. The van der Waals surface area contributed by atoms with E-state index < -0.39 is 0 Å². The van der Waals surface area contributed by atoms with Crippen molar-refractivity contribution in [3.63, 3.8) is 0 Å². The van der Waals surface area contributed by atoms with Gasteiger partial charge in [0.25, 0.3) is 11.7 Å². The van der Waals surface area contributed by atoms with Crippen molar-refractivity contribution in [2.24, 2.45) is 0 Å². The second-order valence-electron chi connectivity index (χ2n) is 7.01. The lowest BCUT2D eigenvalue weighted by atomic mass is 10.1. The minimum absolute atomic E-state index is 0.132. The molecule has 4 rings (SSSR count). The molecular formula is C22H20ClN5O. The lowest BCUT2D eigenvalue weighted by Gasteiger charge is -2.22.